The highest BCUT2D eigenvalue weighted by Crippen LogP contribution is 2.28. The van der Waals surface area contributed by atoms with E-state index in [0.29, 0.717) is 11.5 Å². The van der Waals surface area contributed by atoms with Crippen LogP contribution in [-0.4, -0.2) is 16.2 Å². The predicted molar refractivity (Wildman–Crippen MR) is 75.4 cm³/mol. The topological polar surface area (TPSA) is 115 Å². The van der Waals surface area contributed by atoms with Gasteiger partial charge in [0.05, 0.1) is 11.3 Å². The summed E-state index contributed by atoms with van der Waals surface area (Å²) in [4.78, 5) is 7.86. The van der Waals surface area contributed by atoms with E-state index in [0.717, 1.165) is 15.7 Å². The quantitative estimate of drug-likeness (QED) is 0.481. The molecule has 2 aromatic rings. The number of aromatic nitrogens is 2. The fourth-order valence-corrected chi connectivity index (χ4v) is 1.92. The molecule has 0 saturated carbocycles. The Labute approximate surface area is 112 Å². The molecule has 0 bridgehead atoms. The van der Waals surface area contributed by atoms with Crippen LogP contribution in [0.5, 0.6) is 0 Å². The molecule has 1 heterocycles. The highest BCUT2D eigenvalue weighted by atomic mass is 79.9. The second-order valence-corrected chi connectivity index (χ2v) is 4.41. The summed E-state index contributed by atoms with van der Waals surface area (Å²) in [6.07, 6.45) is 3.02. The van der Waals surface area contributed by atoms with E-state index in [1.807, 2.05) is 12.1 Å². The van der Waals surface area contributed by atoms with Gasteiger partial charge in [-0.3, -0.25) is 5.41 Å². The Morgan fingerprint density at radius 3 is 2.78 bits per heavy atom. The van der Waals surface area contributed by atoms with E-state index in [2.05, 4.69) is 31.2 Å². The van der Waals surface area contributed by atoms with Gasteiger partial charge >= 0.3 is 0 Å². The molecule has 2 rings (SSSR count). The average molecular weight is 308 g/mol. The van der Waals surface area contributed by atoms with E-state index in [9.17, 15) is 0 Å². The first-order valence-electron chi connectivity index (χ1n) is 5.09. The SMILES string of the molecule is Nc1nccc(Nc2cc(Br)c(N)c(C=[NH2+])c2)n1. The first-order chi connectivity index (χ1) is 8.60. The van der Waals surface area contributed by atoms with Crippen molar-refractivity contribution in [2.24, 2.45) is 0 Å². The molecule has 0 spiro atoms. The third-order valence-electron chi connectivity index (χ3n) is 2.29. The molecule has 0 unspecified atom stereocenters. The Hall–Kier alpha value is -2.15. The lowest BCUT2D eigenvalue weighted by Gasteiger charge is -2.09. The maximum atomic E-state index is 5.85. The average Bonchev–Trinajstić information content (AvgIpc) is 2.33. The van der Waals surface area contributed by atoms with Crippen LogP contribution in [0.3, 0.4) is 0 Å². The molecule has 6 nitrogen and oxygen atoms in total. The lowest BCUT2D eigenvalue weighted by Crippen LogP contribution is -2.30. The highest BCUT2D eigenvalue weighted by Gasteiger charge is 2.07. The van der Waals surface area contributed by atoms with Gasteiger partial charge in [-0.2, -0.15) is 4.98 Å². The summed E-state index contributed by atoms with van der Waals surface area (Å²) in [5.74, 6) is 0.808. The number of rotatable bonds is 3. The molecule has 0 radical (unpaired) electrons. The Morgan fingerprint density at radius 1 is 1.33 bits per heavy atom. The summed E-state index contributed by atoms with van der Waals surface area (Å²) >= 11 is 3.37. The summed E-state index contributed by atoms with van der Waals surface area (Å²) in [7, 11) is 0. The van der Waals surface area contributed by atoms with E-state index >= 15 is 0 Å². The van der Waals surface area contributed by atoms with Gasteiger partial charge in [0.1, 0.15) is 5.82 Å². The Morgan fingerprint density at radius 2 is 2.11 bits per heavy atom. The van der Waals surface area contributed by atoms with Gasteiger partial charge in [0, 0.05) is 16.4 Å². The van der Waals surface area contributed by atoms with Crippen LogP contribution < -0.4 is 22.2 Å². The normalized spacial score (nSPS) is 10.1. The molecule has 7 heteroatoms. The van der Waals surface area contributed by atoms with Crippen LogP contribution in [-0.2, 0) is 0 Å². The van der Waals surface area contributed by atoms with Crippen LogP contribution >= 0.6 is 15.9 Å². The van der Waals surface area contributed by atoms with Gasteiger partial charge in [-0.05, 0) is 34.1 Å². The van der Waals surface area contributed by atoms with Gasteiger partial charge in [-0.15, -0.1) is 0 Å². The first-order valence-corrected chi connectivity index (χ1v) is 5.89. The molecule has 92 valence electrons. The third-order valence-corrected chi connectivity index (χ3v) is 2.94. The lowest BCUT2D eigenvalue weighted by atomic mass is 10.1. The fourth-order valence-electron chi connectivity index (χ4n) is 1.44. The zero-order chi connectivity index (χ0) is 13.1. The smallest absolute Gasteiger partial charge is 0.221 e. The lowest BCUT2D eigenvalue weighted by molar-refractivity contribution is -0.104. The van der Waals surface area contributed by atoms with E-state index < -0.39 is 0 Å². The van der Waals surface area contributed by atoms with Crippen LogP contribution in [0.15, 0.2) is 28.9 Å². The van der Waals surface area contributed by atoms with Gasteiger partial charge in [-0.1, -0.05) is 0 Å². The van der Waals surface area contributed by atoms with Crippen LogP contribution in [0.25, 0.3) is 0 Å². The van der Waals surface area contributed by atoms with E-state index in [-0.39, 0.29) is 5.95 Å². The van der Waals surface area contributed by atoms with Crippen LogP contribution in [0.2, 0.25) is 0 Å². The first kappa shape index (κ1) is 12.3. The van der Waals surface area contributed by atoms with Gasteiger partial charge in [0.25, 0.3) is 0 Å². The van der Waals surface area contributed by atoms with Gasteiger partial charge < -0.3 is 16.8 Å². The van der Waals surface area contributed by atoms with Gasteiger partial charge in [0.15, 0.2) is 6.21 Å². The Balaban J connectivity index is 2.35. The number of nitrogens with zero attached hydrogens (tertiary/aromatic N) is 2. The number of hydrogen-bond acceptors (Lipinski definition) is 5. The molecule has 18 heavy (non-hydrogen) atoms. The molecule has 0 aliphatic rings. The maximum Gasteiger partial charge on any atom is 0.221 e. The Bertz CT molecular complexity index is 598. The summed E-state index contributed by atoms with van der Waals surface area (Å²) in [5.41, 5.74) is 13.5. The van der Waals surface area contributed by atoms with Crippen molar-refractivity contribution >= 4 is 45.3 Å². The number of anilines is 4. The number of benzene rings is 1. The second-order valence-electron chi connectivity index (χ2n) is 3.55. The standard InChI is InChI=1S/C11H11BrN6/c12-8-4-7(3-6(5-13)10(8)14)17-9-1-2-16-11(15)18-9/h1-5,13H,14H2,(H3,15,16,17,18)/p+1. The van der Waals surface area contributed by atoms with E-state index in [4.69, 9.17) is 16.9 Å². The van der Waals surface area contributed by atoms with Crippen molar-refractivity contribution < 1.29 is 5.41 Å². The maximum absolute atomic E-state index is 5.85. The number of nitrogens with one attached hydrogen (secondary N) is 1. The molecule has 0 amide bonds. The largest absolute Gasteiger partial charge is 0.397 e. The zero-order valence-electron chi connectivity index (χ0n) is 9.39. The van der Waals surface area contributed by atoms with Crippen LogP contribution in [0.4, 0.5) is 23.1 Å². The van der Waals surface area contributed by atoms with Crippen molar-refractivity contribution in [3.05, 3.63) is 34.4 Å². The molecule has 0 aliphatic heterocycles. The molecule has 0 atom stereocenters. The molecular weight excluding hydrogens is 296 g/mol. The van der Waals surface area contributed by atoms with Crippen LogP contribution in [0.1, 0.15) is 5.56 Å². The third kappa shape index (κ3) is 2.57. The molecule has 1 aromatic heterocycles. The minimum absolute atomic E-state index is 0.208. The molecule has 1 aromatic carbocycles. The fraction of sp³-hybridized carbons (Fsp3) is 0. The van der Waals surface area contributed by atoms with Crippen LogP contribution in [0, 0.1) is 0 Å². The number of nitrogen functional groups attached to an aromatic ring is 2. The van der Waals surface area contributed by atoms with Gasteiger partial charge in [-0.25, -0.2) is 4.98 Å². The predicted octanol–water partition coefficient (Wildman–Crippen LogP) is 0.325. The Kier molecular flexibility index (Phi) is 3.42. The van der Waals surface area contributed by atoms with Crippen molar-refractivity contribution in [2.45, 2.75) is 0 Å². The summed E-state index contributed by atoms with van der Waals surface area (Å²) in [6, 6.07) is 5.37. The van der Waals surface area contributed by atoms with Crippen molar-refractivity contribution in [2.75, 3.05) is 16.8 Å². The van der Waals surface area contributed by atoms with Crippen molar-refractivity contribution in [1.29, 1.82) is 0 Å². The number of nitrogens with two attached hydrogens (primary N) is 3. The molecule has 7 N–H and O–H groups in total. The van der Waals surface area contributed by atoms with Crippen molar-refractivity contribution in [1.82, 2.24) is 9.97 Å². The highest BCUT2D eigenvalue weighted by molar-refractivity contribution is 9.10. The minimum Gasteiger partial charge on any atom is -0.397 e. The minimum atomic E-state index is 0.208. The van der Waals surface area contributed by atoms with Gasteiger partial charge in [0.2, 0.25) is 5.95 Å². The summed E-state index contributed by atoms with van der Waals surface area (Å²) in [6.45, 7) is 0. The molecule has 0 fully saturated rings. The zero-order valence-corrected chi connectivity index (χ0v) is 11.0. The van der Waals surface area contributed by atoms with E-state index in [1.54, 1.807) is 12.3 Å². The second kappa shape index (κ2) is 5.01. The monoisotopic (exact) mass is 307 g/mol. The number of hydrogen-bond donors (Lipinski definition) is 4. The summed E-state index contributed by atoms with van der Waals surface area (Å²) in [5, 5.41) is 8.60. The molecule has 0 aliphatic carbocycles. The van der Waals surface area contributed by atoms with Crippen molar-refractivity contribution in [3.8, 4) is 0 Å². The van der Waals surface area contributed by atoms with E-state index in [1.165, 1.54) is 6.21 Å². The summed E-state index contributed by atoms with van der Waals surface area (Å²) < 4.78 is 0.756. The molecular formula is C11H12BrN6+. The molecule has 0 saturated heterocycles. The van der Waals surface area contributed by atoms with Crippen molar-refractivity contribution in [3.63, 3.8) is 0 Å². The number of halogens is 1.